The minimum absolute atomic E-state index is 0.120. The predicted octanol–water partition coefficient (Wildman–Crippen LogP) is 9.19. The molecule has 0 aromatic heterocycles. The molecule has 0 amide bonds. The second-order valence-corrected chi connectivity index (χ2v) is 14.6. The van der Waals surface area contributed by atoms with Crippen LogP contribution >= 0.6 is 37.9 Å². The Labute approximate surface area is 263 Å². The third-order valence-corrected chi connectivity index (χ3v) is 9.21. The van der Waals surface area contributed by atoms with E-state index in [-0.39, 0.29) is 23.6 Å². The Kier molecular flexibility index (Phi) is 21.3. The van der Waals surface area contributed by atoms with E-state index in [0.29, 0.717) is 38.8 Å². The van der Waals surface area contributed by atoms with E-state index in [1.165, 1.54) is 83.5 Å². The lowest BCUT2D eigenvalue weighted by atomic mass is 9.88. The highest BCUT2D eigenvalue weighted by Crippen LogP contribution is 2.44. The van der Waals surface area contributed by atoms with Crippen molar-refractivity contribution in [2.24, 2.45) is 0 Å². The fraction of sp³-hybridized carbons (Fsp3) is 0.938. The summed E-state index contributed by atoms with van der Waals surface area (Å²) in [6, 6.07) is 0. The predicted molar refractivity (Wildman–Crippen MR) is 179 cm³/mol. The second-order valence-electron chi connectivity index (χ2n) is 12.4. The monoisotopic (exact) mass is 619 g/mol. The quantitative estimate of drug-likeness (QED) is 0.0435. The smallest absolute Gasteiger partial charge is 0.306 e. The molecular formula is C32H61NO4S3. The van der Waals surface area contributed by atoms with Gasteiger partial charge in [-0.15, -0.1) is 25.3 Å². The van der Waals surface area contributed by atoms with Gasteiger partial charge in [-0.05, 0) is 38.9 Å². The van der Waals surface area contributed by atoms with Crippen molar-refractivity contribution in [1.29, 1.82) is 0 Å². The van der Waals surface area contributed by atoms with Crippen molar-refractivity contribution >= 4 is 49.8 Å². The lowest BCUT2D eigenvalue weighted by molar-refractivity contribution is -0.157. The number of nitrogens with zero attached hydrogens (tertiary/aromatic N) is 1. The van der Waals surface area contributed by atoms with Gasteiger partial charge in [0.15, 0.2) is 0 Å². The van der Waals surface area contributed by atoms with Crippen molar-refractivity contribution in [2.75, 3.05) is 18.9 Å². The number of piperidine rings is 1. The first kappa shape index (κ1) is 38.0. The molecule has 1 fully saturated rings. The summed E-state index contributed by atoms with van der Waals surface area (Å²) in [5, 5.41) is 0. The fourth-order valence-electron chi connectivity index (χ4n) is 5.79. The summed E-state index contributed by atoms with van der Waals surface area (Å²) >= 11 is 13.9. The lowest BCUT2D eigenvalue weighted by Crippen LogP contribution is -2.61. The van der Waals surface area contributed by atoms with Crippen molar-refractivity contribution in [3.05, 3.63) is 0 Å². The summed E-state index contributed by atoms with van der Waals surface area (Å²) < 4.78 is 10.7. The molecule has 1 rings (SSSR count). The molecule has 0 N–H and O–H groups in total. The van der Waals surface area contributed by atoms with Crippen LogP contribution in [0.4, 0.5) is 0 Å². The average Bonchev–Trinajstić information content (AvgIpc) is 2.87. The van der Waals surface area contributed by atoms with Gasteiger partial charge in [-0.3, -0.25) is 14.5 Å². The minimum atomic E-state index is -0.747. The van der Waals surface area contributed by atoms with E-state index in [0.717, 1.165) is 31.4 Å². The van der Waals surface area contributed by atoms with Gasteiger partial charge in [0.1, 0.15) is 16.9 Å². The Bertz CT molecular complexity index is 657. The maximum Gasteiger partial charge on any atom is 0.306 e. The Balaban J connectivity index is 2.24. The maximum atomic E-state index is 12.5. The third kappa shape index (κ3) is 17.8. The molecule has 1 heterocycles. The van der Waals surface area contributed by atoms with Crippen LogP contribution in [0.25, 0.3) is 0 Å². The Morgan fingerprint density at radius 3 is 1.70 bits per heavy atom. The molecule has 236 valence electrons. The van der Waals surface area contributed by atoms with E-state index in [1.54, 1.807) is 0 Å². The highest BCUT2D eigenvalue weighted by atomic mass is 32.2. The number of unbranched alkanes of at least 4 members (excludes halogenated alkanes) is 15. The van der Waals surface area contributed by atoms with Crippen molar-refractivity contribution in [3.8, 4) is 0 Å². The number of carbonyl (C=O) groups is 2. The zero-order chi connectivity index (χ0) is 29.7. The summed E-state index contributed by atoms with van der Waals surface area (Å²) in [7, 11) is 0. The number of esters is 2. The summed E-state index contributed by atoms with van der Waals surface area (Å²) in [6.45, 7) is 7.36. The van der Waals surface area contributed by atoms with E-state index >= 15 is 0 Å². The van der Waals surface area contributed by atoms with Gasteiger partial charge in [0.05, 0.1) is 0 Å². The molecule has 0 aromatic carbocycles. The minimum Gasteiger partial charge on any atom is -0.464 e. The number of carbonyl (C=O) groups excluding carboxylic acids is 2. The van der Waals surface area contributed by atoms with Crippen LogP contribution in [0.5, 0.6) is 0 Å². The summed E-state index contributed by atoms with van der Waals surface area (Å²) in [5.74, 6) is 0.738. The molecule has 0 aromatic rings. The van der Waals surface area contributed by atoms with E-state index < -0.39 is 4.20 Å². The molecule has 0 aliphatic carbocycles. The number of ether oxygens (including phenoxy) is 2. The summed E-state index contributed by atoms with van der Waals surface area (Å²) in [5.41, 5.74) is -0.288. The zero-order valence-electron chi connectivity index (χ0n) is 26.0. The largest absolute Gasteiger partial charge is 0.464 e. The van der Waals surface area contributed by atoms with Crippen LogP contribution in [0.3, 0.4) is 0 Å². The van der Waals surface area contributed by atoms with Crippen LogP contribution in [0, 0.1) is 0 Å². The number of likely N-dealkylation sites (tertiary alicyclic amines) is 1. The van der Waals surface area contributed by atoms with Crippen LogP contribution in [0.2, 0.25) is 0 Å². The molecule has 8 heteroatoms. The molecule has 1 aliphatic heterocycles. The SMILES string of the molecule is CCCCCCCCCCCC(=O)OCCN1C(C)(C)CC(OC(=O)CCCCCCCCCCS)CC1(S)S. The number of hydrogen-bond acceptors (Lipinski definition) is 8. The van der Waals surface area contributed by atoms with Gasteiger partial charge in [0.25, 0.3) is 0 Å². The molecule has 1 unspecified atom stereocenters. The van der Waals surface area contributed by atoms with Crippen LogP contribution < -0.4 is 0 Å². The summed E-state index contributed by atoms with van der Waals surface area (Å²) in [4.78, 5) is 26.9. The number of hydrogen-bond donors (Lipinski definition) is 3. The molecule has 0 bridgehead atoms. The molecule has 5 nitrogen and oxygen atoms in total. The van der Waals surface area contributed by atoms with Gasteiger partial charge in [-0.1, -0.05) is 96.8 Å². The number of thiol groups is 3. The molecular weight excluding hydrogens is 559 g/mol. The van der Waals surface area contributed by atoms with Gasteiger partial charge in [-0.25, -0.2) is 0 Å². The van der Waals surface area contributed by atoms with E-state index in [9.17, 15) is 9.59 Å². The normalized spacial score (nSPS) is 18.5. The van der Waals surface area contributed by atoms with Gasteiger partial charge >= 0.3 is 11.9 Å². The lowest BCUT2D eigenvalue weighted by Gasteiger charge is -2.53. The Morgan fingerprint density at radius 2 is 1.20 bits per heavy atom. The Morgan fingerprint density at radius 1 is 0.725 bits per heavy atom. The van der Waals surface area contributed by atoms with Crippen LogP contribution in [0.1, 0.15) is 156 Å². The molecule has 0 radical (unpaired) electrons. The van der Waals surface area contributed by atoms with Gasteiger partial charge < -0.3 is 9.47 Å². The van der Waals surface area contributed by atoms with Crippen molar-refractivity contribution < 1.29 is 19.1 Å². The first-order valence-electron chi connectivity index (χ1n) is 16.3. The van der Waals surface area contributed by atoms with Crippen LogP contribution in [-0.2, 0) is 19.1 Å². The molecule has 0 spiro atoms. The van der Waals surface area contributed by atoms with Crippen molar-refractivity contribution in [2.45, 2.75) is 171 Å². The van der Waals surface area contributed by atoms with Crippen molar-refractivity contribution in [3.63, 3.8) is 0 Å². The fourth-order valence-corrected chi connectivity index (χ4v) is 7.17. The van der Waals surface area contributed by atoms with Crippen LogP contribution in [-0.4, -0.2) is 51.6 Å². The van der Waals surface area contributed by atoms with Gasteiger partial charge in [-0.2, -0.15) is 12.6 Å². The average molecular weight is 620 g/mol. The first-order chi connectivity index (χ1) is 19.1. The second kappa shape index (κ2) is 22.5. The highest BCUT2D eigenvalue weighted by Gasteiger charge is 2.47. The standard InChI is InChI=1S/C32H61NO4S3/c1-4-5-6-7-8-9-12-15-18-21-29(34)36-24-23-33-31(2,3)26-28(27-32(33,39)40)37-30(35)22-19-16-13-10-11-14-17-20-25-38/h28,38-40H,4-27H2,1-3H3. The van der Waals surface area contributed by atoms with Crippen LogP contribution in [0.15, 0.2) is 0 Å². The third-order valence-electron chi connectivity index (χ3n) is 8.04. The van der Waals surface area contributed by atoms with Gasteiger partial charge in [0.2, 0.25) is 0 Å². The zero-order valence-corrected chi connectivity index (χ0v) is 28.7. The van der Waals surface area contributed by atoms with Gasteiger partial charge in [0, 0.05) is 37.8 Å². The topological polar surface area (TPSA) is 55.8 Å². The highest BCUT2D eigenvalue weighted by molar-refractivity contribution is 8.00. The molecule has 0 saturated carbocycles. The first-order valence-corrected chi connectivity index (χ1v) is 17.8. The molecule has 40 heavy (non-hydrogen) atoms. The van der Waals surface area contributed by atoms with E-state index in [1.807, 2.05) is 0 Å². The summed E-state index contributed by atoms with van der Waals surface area (Å²) in [6.07, 6.45) is 22.5. The van der Waals surface area contributed by atoms with E-state index in [4.69, 9.17) is 34.7 Å². The molecule has 1 aliphatic rings. The molecule has 1 atom stereocenters. The Hall–Kier alpha value is -0.0500. The molecule has 1 saturated heterocycles. The van der Waals surface area contributed by atoms with E-state index in [2.05, 4.69) is 38.3 Å². The maximum absolute atomic E-state index is 12.5. The van der Waals surface area contributed by atoms with Crippen molar-refractivity contribution in [1.82, 2.24) is 4.90 Å². The number of rotatable bonds is 24.